The predicted molar refractivity (Wildman–Crippen MR) is 59.7 cm³/mol. The van der Waals surface area contributed by atoms with E-state index in [2.05, 4.69) is 0 Å². The summed E-state index contributed by atoms with van der Waals surface area (Å²) in [5, 5.41) is 0. The van der Waals surface area contributed by atoms with Crippen molar-refractivity contribution >= 4 is 23.8 Å². The van der Waals surface area contributed by atoms with E-state index in [9.17, 15) is 9.59 Å². The molecule has 84 valence electrons. The molecule has 1 heterocycles. The first-order valence-electron chi connectivity index (χ1n) is 4.85. The highest BCUT2D eigenvalue weighted by molar-refractivity contribution is 7.98. The highest BCUT2D eigenvalue weighted by atomic mass is 32.2. The van der Waals surface area contributed by atoms with Gasteiger partial charge in [-0.15, -0.1) is 0 Å². The number of ether oxygens (including phenoxy) is 1. The molecule has 0 aliphatic carbocycles. The zero-order valence-corrected chi connectivity index (χ0v) is 9.62. The molecule has 1 aromatic rings. The van der Waals surface area contributed by atoms with E-state index in [1.54, 1.807) is 0 Å². The van der Waals surface area contributed by atoms with Gasteiger partial charge >= 0.3 is 0 Å². The van der Waals surface area contributed by atoms with E-state index in [0.717, 1.165) is 22.4 Å². The van der Waals surface area contributed by atoms with E-state index in [4.69, 9.17) is 4.74 Å². The van der Waals surface area contributed by atoms with Crippen LogP contribution in [0.4, 0.5) is 0 Å². The van der Waals surface area contributed by atoms with Crippen molar-refractivity contribution in [3.05, 3.63) is 29.8 Å². The quantitative estimate of drug-likeness (QED) is 0.576. The average Bonchev–Trinajstić information content (AvgIpc) is 2.26. The van der Waals surface area contributed by atoms with Gasteiger partial charge in [0.1, 0.15) is 13.2 Å². The monoisotopic (exact) mass is 237 g/mol. The molecule has 0 N–H and O–H groups in total. The van der Waals surface area contributed by atoms with Crippen LogP contribution in [0.15, 0.2) is 29.2 Å². The molecular formula is C11H11NO3S. The Morgan fingerprint density at radius 1 is 1.19 bits per heavy atom. The van der Waals surface area contributed by atoms with Gasteiger partial charge in [0.2, 0.25) is 0 Å². The van der Waals surface area contributed by atoms with E-state index in [-0.39, 0.29) is 25.0 Å². The molecule has 5 heteroatoms. The number of benzene rings is 1. The summed E-state index contributed by atoms with van der Waals surface area (Å²) in [7, 11) is 0. The average molecular weight is 237 g/mol. The molecule has 1 aliphatic heterocycles. The van der Waals surface area contributed by atoms with E-state index in [1.165, 1.54) is 4.31 Å². The van der Waals surface area contributed by atoms with Crippen LogP contribution in [0.5, 0.6) is 0 Å². The predicted octanol–water partition coefficient (Wildman–Crippen LogP) is 1.39. The molecule has 1 saturated heterocycles. The van der Waals surface area contributed by atoms with Gasteiger partial charge in [-0.2, -0.15) is 0 Å². The lowest BCUT2D eigenvalue weighted by Gasteiger charge is -2.23. The number of aryl methyl sites for hydroxylation is 1. The van der Waals surface area contributed by atoms with E-state index >= 15 is 0 Å². The van der Waals surface area contributed by atoms with Gasteiger partial charge in [-0.3, -0.25) is 9.59 Å². The molecule has 0 radical (unpaired) electrons. The van der Waals surface area contributed by atoms with E-state index < -0.39 is 0 Å². The van der Waals surface area contributed by atoms with Crippen LogP contribution in [-0.2, 0) is 14.3 Å². The lowest BCUT2D eigenvalue weighted by Crippen LogP contribution is -2.41. The standard InChI is InChI=1S/C11H11NO3S/c1-8-4-2-3-5-9(8)16-12-10(13)6-15-7-11(12)14/h2-5H,6-7H2,1H3. The summed E-state index contributed by atoms with van der Waals surface area (Å²) >= 11 is 1.16. The largest absolute Gasteiger partial charge is 0.362 e. The van der Waals surface area contributed by atoms with Crippen LogP contribution in [-0.4, -0.2) is 29.3 Å². The molecule has 4 nitrogen and oxygen atoms in total. The Morgan fingerprint density at radius 3 is 2.44 bits per heavy atom. The van der Waals surface area contributed by atoms with Crippen molar-refractivity contribution in [3.63, 3.8) is 0 Å². The van der Waals surface area contributed by atoms with Crippen molar-refractivity contribution in [3.8, 4) is 0 Å². The number of amides is 2. The normalized spacial score (nSPS) is 16.7. The molecule has 0 atom stereocenters. The lowest BCUT2D eigenvalue weighted by atomic mass is 10.2. The van der Waals surface area contributed by atoms with Gasteiger partial charge in [0.25, 0.3) is 11.8 Å². The van der Waals surface area contributed by atoms with Crippen molar-refractivity contribution in [2.45, 2.75) is 11.8 Å². The molecule has 2 amide bonds. The topological polar surface area (TPSA) is 46.6 Å². The molecule has 0 aromatic heterocycles. The minimum atomic E-state index is -0.301. The maximum atomic E-state index is 11.5. The molecule has 0 spiro atoms. The van der Waals surface area contributed by atoms with Crippen molar-refractivity contribution < 1.29 is 14.3 Å². The third kappa shape index (κ3) is 2.25. The highest BCUT2D eigenvalue weighted by Crippen LogP contribution is 2.27. The highest BCUT2D eigenvalue weighted by Gasteiger charge is 2.28. The summed E-state index contributed by atoms with van der Waals surface area (Å²) in [5.74, 6) is -0.603. The van der Waals surface area contributed by atoms with Gasteiger partial charge in [0, 0.05) is 4.90 Å². The van der Waals surface area contributed by atoms with Crippen molar-refractivity contribution in [2.75, 3.05) is 13.2 Å². The van der Waals surface area contributed by atoms with Crippen LogP contribution in [0.1, 0.15) is 5.56 Å². The maximum Gasteiger partial charge on any atom is 0.265 e. The van der Waals surface area contributed by atoms with E-state index in [0.29, 0.717) is 0 Å². The smallest absolute Gasteiger partial charge is 0.265 e. The van der Waals surface area contributed by atoms with Gasteiger partial charge in [0.15, 0.2) is 0 Å². The Morgan fingerprint density at radius 2 is 1.81 bits per heavy atom. The fraction of sp³-hybridized carbons (Fsp3) is 0.273. The summed E-state index contributed by atoms with van der Waals surface area (Å²) < 4.78 is 6.01. The molecule has 1 aromatic carbocycles. The van der Waals surface area contributed by atoms with Gasteiger partial charge in [-0.25, -0.2) is 4.31 Å². The minimum absolute atomic E-state index is 0.0232. The summed E-state index contributed by atoms with van der Waals surface area (Å²) in [4.78, 5) is 23.9. The summed E-state index contributed by atoms with van der Waals surface area (Å²) in [6, 6.07) is 7.63. The van der Waals surface area contributed by atoms with Crippen LogP contribution >= 0.6 is 11.9 Å². The summed E-state index contributed by atoms with van der Waals surface area (Å²) in [6.07, 6.45) is 0. The van der Waals surface area contributed by atoms with Crippen molar-refractivity contribution in [2.24, 2.45) is 0 Å². The number of hydrogen-bond donors (Lipinski definition) is 0. The first kappa shape index (κ1) is 11.2. The van der Waals surface area contributed by atoms with Crippen LogP contribution in [0.3, 0.4) is 0 Å². The lowest BCUT2D eigenvalue weighted by molar-refractivity contribution is -0.150. The zero-order chi connectivity index (χ0) is 11.5. The third-order valence-electron chi connectivity index (χ3n) is 2.19. The molecular weight excluding hydrogens is 226 g/mol. The van der Waals surface area contributed by atoms with Crippen LogP contribution in [0.25, 0.3) is 0 Å². The Bertz CT molecular complexity index is 417. The van der Waals surface area contributed by atoms with Crippen LogP contribution in [0, 0.1) is 6.92 Å². The fourth-order valence-electron chi connectivity index (χ4n) is 1.34. The van der Waals surface area contributed by atoms with Gasteiger partial charge in [-0.05, 0) is 30.5 Å². The maximum absolute atomic E-state index is 11.5. The number of morpholine rings is 1. The molecule has 0 saturated carbocycles. The number of nitrogens with zero attached hydrogens (tertiary/aromatic N) is 1. The zero-order valence-electron chi connectivity index (χ0n) is 8.80. The molecule has 1 fully saturated rings. The second-order valence-electron chi connectivity index (χ2n) is 3.43. The van der Waals surface area contributed by atoms with Crippen LogP contribution in [0.2, 0.25) is 0 Å². The number of carbonyl (C=O) groups excluding carboxylic acids is 2. The van der Waals surface area contributed by atoms with Gasteiger partial charge in [0.05, 0.1) is 0 Å². The van der Waals surface area contributed by atoms with Crippen molar-refractivity contribution in [1.82, 2.24) is 4.31 Å². The summed E-state index contributed by atoms with van der Waals surface area (Å²) in [5.41, 5.74) is 1.04. The SMILES string of the molecule is Cc1ccccc1SN1C(=O)COCC1=O. The molecule has 0 bridgehead atoms. The first-order chi connectivity index (χ1) is 7.68. The molecule has 2 rings (SSSR count). The van der Waals surface area contributed by atoms with Crippen molar-refractivity contribution in [1.29, 1.82) is 0 Å². The number of rotatable bonds is 2. The number of carbonyl (C=O) groups is 2. The number of hydrogen-bond acceptors (Lipinski definition) is 4. The van der Waals surface area contributed by atoms with Gasteiger partial charge in [-0.1, -0.05) is 18.2 Å². The second kappa shape index (κ2) is 4.67. The Hall–Kier alpha value is -1.33. The Balaban J connectivity index is 2.17. The molecule has 0 unspecified atom stereocenters. The van der Waals surface area contributed by atoms with Gasteiger partial charge < -0.3 is 4.74 Å². The molecule has 16 heavy (non-hydrogen) atoms. The third-order valence-corrected chi connectivity index (χ3v) is 3.43. The number of imide groups is 1. The molecule has 1 aliphatic rings. The fourth-order valence-corrected chi connectivity index (χ4v) is 2.20. The van der Waals surface area contributed by atoms with E-state index in [1.807, 2.05) is 31.2 Å². The Labute approximate surface area is 97.7 Å². The first-order valence-corrected chi connectivity index (χ1v) is 5.63. The minimum Gasteiger partial charge on any atom is -0.362 e. The Kier molecular flexibility index (Phi) is 3.26. The summed E-state index contributed by atoms with van der Waals surface area (Å²) in [6.45, 7) is 1.90. The van der Waals surface area contributed by atoms with Crippen LogP contribution < -0.4 is 0 Å². The second-order valence-corrected chi connectivity index (χ2v) is 4.42.